The Kier molecular flexibility index (Phi) is 7.97. The molecule has 0 atom stereocenters. The maximum Gasteiger partial charge on any atom is 0.332 e. The number of carbonyl (C=O) groups excluding carboxylic acids is 1. The van der Waals surface area contributed by atoms with Crippen molar-refractivity contribution in [2.45, 2.75) is 26.9 Å². The summed E-state index contributed by atoms with van der Waals surface area (Å²) >= 11 is 5.99. The molecule has 4 rings (SSSR count). The molecule has 2 heterocycles. The Bertz CT molecular complexity index is 1610. The topological polar surface area (TPSA) is 143 Å². The molecule has 0 aliphatic heterocycles. The molecule has 2 aromatic heterocycles. The third-order valence-electron chi connectivity index (χ3n) is 5.62. The number of hydrogen-bond donors (Lipinski definition) is 3. The molecule has 0 aliphatic carbocycles. The van der Waals surface area contributed by atoms with Crippen LogP contribution in [0.2, 0.25) is 5.02 Å². The molecule has 12 heteroatoms. The van der Waals surface area contributed by atoms with Crippen molar-refractivity contribution >= 4 is 29.1 Å². The van der Waals surface area contributed by atoms with Gasteiger partial charge in [-0.25, -0.2) is 15.2 Å². The van der Waals surface area contributed by atoms with Gasteiger partial charge >= 0.3 is 5.69 Å². The summed E-state index contributed by atoms with van der Waals surface area (Å²) < 4.78 is 8.52. The number of rotatable bonds is 9. The van der Waals surface area contributed by atoms with Crippen LogP contribution < -0.4 is 26.7 Å². The number of anilines is 2. The first kappa shape index (κ1) is 26.3. The molecule has 0 fully saturated rings. The van der Waals surface area contributed by atoms with E-state index < -0.39 is 17.2 Å². The van der Waals surface area contributed by atoms with Gasteiger partial charge in [0.15, 0.2) is 0 Å². The third kappa shape index (κ3) is 5.95. The van der Waals surface area contributed by atoms with Crippen LogP contribution in [0, 0.1) is 12.5 Å². The summed E-state index contributed by atoms with van der Waals surface area (Å²) in [7, 11) is 0. The van der Waals surface area contributed by atoms with Crippen molar-refractivity contribution in [1.29, 1.82) is 5.53 Å². The molecule has 0 saturated carbocycles. The van der Waals surface area contributed by atoms with Crippen LogP contribution in [-0.2, 0) is 13.1 Å². The fraction of sp³-hybridized carbons (Fsp3) is 0.154. The van der Waals surface area contributed by atoms with Crippen LogP contribution in [0.25, 0.3) is 0 Å². The number of aromatic nitrogens is 3. The molecule has 38 heavy (non-hydrogen) atoms. The van der Waals surface area contributed by atoms with Gasteiger partial charge in [0, 0.05) is 23.2 Å². The summed E-state index contributed by atoms with van der Waals surface area (Å²) in [4.78, 5) is 42.1. The van der Waals surface area contributed by atoms with Crippen molar-refractivity contribution in [3.8, 4) is 11.5 Å². The van der Waals surface area contributed by atoms with Crippen molar-refractivity contribution in [2.75, 3.05) is 5.32 Å². The Hall–Kier alpha value is -4.77. The van der Waals surface area contributed by atoms with Gasteiger partial charge in [-0.05, 0) is 61.9 Å². The number of benzene rings is 2. The van der Waals surface area contributed by atoms with E-state index in [0.717, 1.165) is 10.1 Å². The fourth-order valence-corrected chi connectivity index (χ4v) is 3.86. The highest BCUT2D eigenvalue weighted by Crippen LogP contribution is 2.27. The van der Waals surface area contributed by atoms with E-state index in [-0.39, 0.29) is 18.7 Å². The minimum absolute atomic E-state index is 0.218. The second-order valence-corrected chi connectivity index (χ2v) is 8.63. The lowest BCUT2D eigenvalue weighted by Gasteiger charge is -2.17. The van der Waals surface area contributed by atoms with Crippen molar-refractivity contribution in [3.05, 3.63) is 109 Å². The maximum atomic E-state index is 13.1. The Morgan fingerprint density at radius 3 is 2.53 bits per heavy atom. The molecule has 0 radical (unpaired) electrons. The van der Waals surface area contributed by atoms with Crippen molar-refractivity contribution < 1.29 is 9.53 Å². The number of nitrogens with zero attached hydrogens (tertiary/aromatic N) is 4. The highest BCUT2D eigenvalue weighted by molar-refractivity contribution is 6.30. The number of hydrogen-bond acceptors (Lipinski definition) is 8. The molecular formula is C26H24ClN7O4. The summed E-state index contributed by atoms with van der Waals surface area (Å²) in [6.07, 6.45) is 0. The van der Waals surface area contributed by atoms with Crippen LogP contribution in [0.3, 0.4) is 0 Å². The predicted molar refractivity (Wildman–Crippen MR) is 143 cm³/mol. The Morgan fingerprint density at radius 2 is 1.84 bits per heavy atom. The molecule has 0 bridgehead atoms. The quantitative estimate of drug-likeness (QED) is 0.211. The summed E-state index contributed by atoms with van der Waals surface area (Å²) in [6.45, 7) is 3.93. The normalized spacial score (nSPS) is 10.6. The first-order chi connectivity index (χ1) is 18.3. The molecule has 194 valence electrons. The van der Waals surface area contributed by atoms with E-state index in [1.165, 1.54) is 16.7 Å². The fourth-order valence-electron chi connectivity index (χ4n) is 3.74. The van der Waals surface area contributed by atoms with Gasteiger partial charge in [0.25, 0.3) is 11.5 Å². The van der Waals surface area contributed by atoms with Crippen LogP contribution in [0.4, 0.5) is 11.6 Å². The van der Waals surface area contributed by atoms with Crippen molar-refractivity contribution in [3.63, 3.8) is 0 Å². The SMILES string of the molecule is CCn1c(=O)cc(Nc2ccc(Oc3cccc(C(=O)NN=N)c3)c(C)n2)n(Cc2ccc(Cl)cc2)c1=O. The van der Waals surface area contributed by atoms with Gasteiger partial charge in [-0.3, -0.25) is 18.7 Å². The van der Waals surface area contributed by atoms with Gasteiger partial charge in [-0.2, -0.15) is 5.53 Å². The van der Waals surface area contributed by atoms with E-state index in [9.17, 15) is 14.4 Å². The molecular weight excluding hydrogens is 510 g/mol. The highest BCUT2D eigenvalue weighted by Gasteiger charge is 2.14. The maximum absolute atomic E-state index is 13.1. The first-order valence-electron chi connectivity index (χ1n) is 11.6. The van der Waals surface area contributed by atoms with Gasteiger partial charge in [-0.15, -0.1) is 0 Å². The highest BCUT2D eigenvalue weighted by atomic mass is 35.5. The Labute approximate surface area is 222 Å². The van der Waals surface area contributed by atoms with E-state index in [1.54, 1.807) is 56.3 Å². The molecule has 0 aliphatic rings. The van der Waals surface area contributed by atoms with Gasteiger partial charge in [0.2, 0.25) is 0 Å². The van der Waals surface area contributed by atoms with Crippen LogP contribution in [0.5, 0.6) is 11.5 Å². The summed E-state index contributed by atoms with van der Waals surface area (Å²) in [6, 6.07) is 18.2. The summed E-state index contributed by atoms with van der Waals surface area (Å²) in [5.74, 6) is 0.998. The number of carbonyl (C=O) groups is 1. The van der Waals surface area contributed by atoms with Gasteiger partial charge in [-0.1, -0.05) is 35.0 Å². The minimum atomic E-state index is -0.533. The number of nitrogens with one attached hydrogen (secondary N) is 3. The molecule has 4 aromatic rings. The zero-order valence-electron chi connectivity index (χ0n) is 20.6. The van der Waals surface area contributed by atoms with E-state index in [2.05, 4.69) is 20.9 Å². The van der Waals surface area contributed by atoms with E-state index in [0.29, 0.717) is 33.9 Å². The molecule has 0 unspecified atom stereocenters. The zero-order chi connectivity index (χ0) is 27.2. The van der Waals surface area contributed by atoms with Crippen molar-refractivity contribution in [1.82, 2.24) is 19.5 Å². The number of pyridine rings is 1. The summed E-state index contributed by atoms with van der Waals surface area (Å²) in [5.41, 5.74) is 9.59. The largest absolute Gasteiger partial charge is 0.455 e. The zero-order valence-corrected chi connectivity index (χ0v) is 21.3. The van der Waals surface area contributed by atoms with E-state index in [4.69, 9.17) is 21.9 Å². The molecule has 3 N–H and O–H groups in total. The molecule has 11 nitrogen and oxygen atoms in total. The second-order valence-electron chi connectivity index (χ2n) is 8.19. The lowest BCUT2D eigenvalue weighted by molar-refractivity contribution is 0.0950. The number of halogens is 1. The second kappa shape index (κ2) is 11.5. The Balaban J connectivity index is 1.61. The molecule has 0 spiro atoms. The van der Waals surface area contributed by atoms with Crippen LogP contribution in [0.1, 0.15) is 28.5 Å². The Morgan fingerprint density at radius 1 is 1.08 bits per heavy atom. The molecule has 1 amide bonds. The summed E-state index contributed by atoms with van der Waals surface area (Å²) in [5, 5.41) is 6.55. The molecule has 2 aromatic carbocycles. The average molecular weight is 534 g/mol. The van der Waals surface area contributed by atoms with Crippen LogP contribution >= 0.6 is 11.6 Å². The van der Waals surface area contributed by atoms with E-state index in [1.807, 2.05) is 12.1 Å². The van der Waals surface area contributed by atoms with Gasteiger partial charge < -0.3 is 10.1 Å². The number of amides is 1. The lowest BCUT2D eigenvalue weighted by Crippen LogP contribution is -2.40. The number of ether oxygens (including phenoxy) is 1. The smallest absolute Gasteiger partial charge is 0.332 e. The van der Waals surface area contributed by atoms with Crippen LogP contribution in [0.15, 0.2) is 81.5 Å². The monoisotopic (exact) mass is 533 g/mol. The lowest BCUT2D eigenvalue weighted by atomic mass is 10.2. The number of aryl methyl sites for hydroxylation is 1. The first-order valence-corrected chi connectivity index (χ1v) is 12.0. The van der Waals surface area contributed by atoms with Gasteiger partial charge in [0.05, 0.1) is 12.2 Å². The van der Waals surface area contributed by atoms with Gasteiger partial charge in [0.1, 0.15) is 23.1 Å². The minimum Gasteiger partial charge on any atom is -0.455 e. The van der Waals surface area contributed by atoms with E-state index >= 15 is 0 Å². The average Bonchev–Trinajstić information content (AvgIpc) is 2.89. The van der Waals surface area contributed by atoms with Crippen molar-refractivity contribution in [2.24, 2.45) is 5.22 Å². The van der Waals surface area contributed by atoms with Crippen LogP contribution in [-0.4, -0.2) is 20.0 Å². The molecule has 0 saturated heterocycles. The third-order valence-corrected chi connectivity index (χ3v) is 5.88. The standard InChI is InChI=1S/C26H24ClN7O4/c1-3-33-24(35)14-23(34(26(33)37)15-17-7-9-19(27)10-8-17)30-22-12-11-21(16(2)29-22)38-20-6-4-5-18(13-20)25(36)31-32-28/h4-14H,3,15H2,1-2H3,(H,29,30)(H2,28,31,36). The predicted octanol–water partition coefficient (Wildman–Crippen LogP) is 4.65.